The maximum absolute atomic E-state index is 12.0. The van der Waals surface area contributed by atoms with Crippen molar-refractivity contribution >= 4 is 22.5 Å². The maximum atomic E-state index is 12.0. The highest BCUT2D eigenvalue weighted by atomic mass is 16.7. The highest BCUT2D eigenvalue weighted by molar-refractivity contribution is 6.01. The number of benzene rings is 2. The van der Waals surface area contributed by atoms with Gasteiger partial charge in [0.2, 0.25) is 0 Å². The first-order valence-corrected chi connectivity index (χ1v) is 7.50. The lowest BCUT2D eigenvalue weighted by molar-refractivity contribution is -0.131. The number of anilines is 1. The molecular formula is C17H22N2O3. The molecule has 0 aromatic heterocycles. The van der Waals surface area contributed by atoms with Crippen LogP contribution in [0.4, 0.5) is 10.5 Å². The second kappa shape index (κ2) is 8.36. The van der Waals surface area contributed by atoms with Crippen LogP contribution in [0.3, 0.4) is 0 Å². The second-order valence-electron chi connectivity index (χ2n) is 4.70. The van der Waals surface area contributed by atoms with Crippen LogP contribution in [-0.2, 0) is 9.47 Å². The largest absolute Gasteiger partial charge is 0.351 e. The molecule has 0 aliphatic carbocycles. The number of ether oxygens (including phenoxy) is 2. The van der Waals surface area contributed by atoms with Gasteiger partial charge in [0.05, 0.1) is 12.2 Å². The van der Waals surface area contributed by atoms with Crippen molar-refractivity contribution in [3.05, 3.63) is 42.5 Å². The minimum Gasteiger partial charge on any atom is -0.351 e. The van der Waals surface area contributed by atoms with Gasteiger partial charge in [0.1, 0.15) is 0 Å². The molecule has 2 N–H and O–H groups in total. The Kier molecular flexibility index (Phi) is 6.18. The van der Waals surface area contributed by atoms with Crippen LogP contribution in [0.25, 0.3) is 10.8 Å². The SMILES string of the molecule is CCOC(CNC(=O)Nc1cccc2ccccc12)OCC. The summed E-state index contributed by atoms with van der Waals surface area (Å²) < 4.78 is 10.8. The summed E-state index contributed by atoms with van der Waals surface area (Å²) in [5.74, 6) is 0. The summed E-state index contributed by atoms with van der Waals surface area (Å²) in [6.45, 7) is 5.16. The van der Waals surface area contributed by atoms with Crippen LogP contribution < -0.4 is 10.6 Å². The highest BCUT2D eigenvalue weighted by Crippen LogP contribution is 2.22. The van der Waals surface area contributed by atoms with Gasteiger partial charge in [0.15, 0.2) is 6.29 Å². The van der Waals surface area contributed by atoms with Gasteiger partial charge in [-0.1, -0.05) is 36.4 Å². The normalized spacial score (nSPS) is 10.9. The van der Waals surface area contributed by atoms with E-state index in [4.69, 9.17) is 9.47 Å². The average Bonchev–Trinajstić information content (AvgIpc) is 2.53. The number of nitrogens with one attached hydrogen (secondary N) is 2. The predicted molar refractivity (Wildman–Crippen MR) is 88.0 cm³/mol. The summed E-state index contributed by atoms with van der Waals surface area (Å²) in [6.07, 6.45) is -0.423. The molecule has 118 valence electrons. The molecule has 22 heavy (non-hydrogen) atoms. The molecule has 2 aromatic carbocycles. The molecule has 0 heterocycles. The fraction of sp³-hybridized carbons (Fsp3) is 0.353. The van der Waals surface area contributed by atoms with Gasteiger partial charge in [-0.3, -0.25) is 0 Å². The topological polar surface area (TPSA) is 59.6 Å². The number of urea groups is 1. The third-order valence-electron chi connectivity index (χ3n) is 3.17. The third kappa shape index (κ3) is 4.44. The average molecular weight is 302 g/mol. The van der Waals surface area contributed by atoms with Crippen LogP contribution in [0.5, 0.6) is 0 Å². The number of fused-ring (bicyclic) bond motifs is 1. The Labute approximate surface area is 130 Å². The molecule has 0 saturated carbocycles. The van der Waals surface area contributed by atoms with Crippen LogP contribution in [0, 0.1) is 0 Å². The number of rotatable bonds is 7. The van der Waals surface area contributed by atoms with E-state index in [0.717, 1.165) is 16.5 Å². The quantitative estimate of drug-likeness (QED) is 0.771. The van der Waals surface area contributed by atoms with Gasteiger partial charge >= 0.3 is 6.03 Å². The lowest BCUT2D eigenvalue weighted by Crippen LogP contribution is -2.37. The Hall–Kier alpha value is -2.11. The standard InChI is InChI=1S/C17H22N2O3/c1-3-21-16(22-4-2)12-18-17(20)19-15-11-7-9-13-8-5-6-10-14(13)15/h5-11,16H,3-4,12H2,1-2H3,(H2,18,19,20). The molecule has 0 aliphatic heterocycles. The van der Waals surface area contributed by atoms with E-state index in [0.29, 0.717) is 19.8 Å². The fourth-order valence-electron chi connectivity index (χ4n) is 2.21. The molecule has 0 saturated heterocycles. The second-order valence-corrected chi connectivity index (χ2v) is 4.70. The van der Waals surface area contributed by atoms with Crippen LogP contribution >= 0.6 is 0 Å². The Morgan fingerprint density at radius 2 is 1.73 bits per heavy atom. The Bertz CT molecular complexity index is 604. The molecule has 0 aliphatic rings. The molecule has 2 amide bonds. The number of hydrogen-bond acceptors (Lipinski definition) is 3. The van der Waals surface area contributed by atoms with Crippen molar-refractivity contribution in [3.8, 4) is 0 Å². The number of carbonyl (C=O) groups is 1. The van der Waals surface area contributed by atoms with Crippen molar-refractivity contribution < 1.29 is 14.3 Å². The van der Waals surface area contributed by atoms with E-state index in [1.807, 2.05) is 56.3 Å². The molecule has 5 nitrogen and oxygen atoms in total. The van der Waals surface area contributed by atoms with E-state index in [9.17, 15) is 4.79 Å². The van der Waals surface area contributed by atoms with E-state index in [1.54, 1.807) is 0 Å². The van der Waals surface area contributed by atoms with Gasteiger partial charge in [-0.2, -0.15) is 0 Å². The molecule has 0 atom stereocenters. The predicted octanol–water partition coefficient (Wildman–Crippen LogP) is 3.36. The lowest BCUT2D eigenvalue weighted by Gasteiger charge is -2.17. The first-order valence-electron chi connectivity index (χ1n) is 7.50. The van der Waals surface area contributed by atoms with Crippen molar-refractivity contribution in [1.29, 1.82) is 0 Å². The Morgan fingerprint density at radius 1 is 1.05 bits per heavy atom. The van der Waals surface area contributed by atoms with Crippen molar-refractivity contribution in [2.75, 3.05) is 25.1 Å². The molecule has 5 heteroatoms. The summed E-state index contributed by atoms with van der Waals surface area (Å²) in [5.41, 5.74) is 0.778. The van der Waals surface area contributed by atoms with Gasteiger partial charge in [-0.25, -0.2) is 4.79 Å². The lowest BCUT2D eigenvalue weighted by atomic mass is 10.1. The fourth-order valence-corrected chi connectivity index (χ4v) is 2.21. The van der Waals surface area contributed by atoms with E-state index in [-0.39, 0.29) is 6.03 Å². The van der Waals surface area contributed by atoms with Gasteiger partial charge in [0, 0.05) is 18.6 Å². The number of carbonyl (C=O) groups excluding carboxylic acids is 1. The van der Waals surface area contributed by atoms with Crippen LogP contribution in [-0.4, -0.2) is 32.1 Å². The van der Waals surface area contributed by atoms with E-state index >= 15 is 0 Å². The Morgan fingerprint density at radius 3 is 2.45 bits per heavy atom. The molecule has 0 fully saturated rings. The van der Waals surface area contributed by atoms with Crippen molar-refractivity contribution in [2.24, 2.45) is 0 Å². The Balaban J connectivity index is 1.96. The van der Waals surface area contributed by atoms with Gasteiger partial charge < -0.3 is 20.1 Å². The molecule has 0 radical (unpaired) electrons. The zero-order valence-corrected chi connectivity index (χ0v) is 13.0. The van der Waals surface area contributed by atoms with E-state index in [2.05, 4.69) is 10.6 Å². The van der Waals surface area contributed by atoms with E-state index < -0.39 is 6.29 Å². The summed E-state index contributed by atoms with van der Waals surface area (Å²) in [5, 5.41) is 7.72. The molecule has 2 aromatic rings. The summed E-state index contributed by atoms with van der Waals surface area (Å²) in [4.78, 5) is 12.0. The zero-order valence-electron chi connectivity index (χ0n) is 13.0. The van der Waals surface area contributed by atoms with Crippen LogP contribution in [0.2, 0.25) is 0 Å². The monoisotopic (exact) mass is 302 g/mol. The third-order valence-corrected chi connectivity index (χ3v) is 3.17. The minimum atomic E-state index is -0.423. The summed E-state index contributed by atoms with van der Waals surface area (Å²) >= 11 is 0. The van der Waals surface area contributed by atoms with Crippen molar-refractivity contribution in [1.82, 2.24) is 5.32 Å². The number of amides is 2. The van der Waals surface area contributed by atoms with Gasteiger partial charge in [-0.15, -0.1) is 0 Å². The highest BCUT2D eigenvalue weighted by Gasteiger charge is 2.10. The zero-order chi connectivity index (χ0) is 15.8. The van der Waals surface area contributed by atoms with Crippen molar-refractivity contribution in [2.45, 2.75) is 20.1 Å². The van der Waals surface area contributed by atoms with Crippen LogP contribution in [0.1, 0.15) is 13.8 Å². The summed E-state index contributed by atoms with van der Waals surface area (Å²) in [6, 6.07) is 13.4. The van der Waals surface area contributed by atoms with Gasteiger partial charge in [0.25, 0.3) is 0 Å². The first-order chi connectivity index (χ1) is 10.7. The smallest absolute Gasteiger partial charge is 0.319 e. The molecular weight excluding hydrogens is 280 g/mol. The molecule has 2 rings (SSSR count). The molecule has 0 spiro atoms. The summed E-state index contributed by atoms with van der Waals surface area (Å²) in [7, 11) is 0. The van der Waals surface area contributed by atoms with Crippen molar-refractivity contribution in [3.63, 3.8) is 0 Å². The van der Waals surface area contributed by atoms with E-state index in [1.165, 1.54) is 0 Å². The number of hydrogen-bond donors (Lipinski definition) is 2. The maximum Gasteiger partial charge on any atom is 0.319 e. The van der Waals surface area contributed by atoms with Crippen LogP contribution in [0.15, 0.2) is 42.5 Å². The minimum absolute atomic E-state index is 0.277. The molecule has 0 bridgehead atoms. The van der Waals surface area contributed by atoms with Gasteiger partial charge in [-0.05, 0) is 25.3 Å². The first kappa shape index (κ1) is 16.3. The molecule has 0 unspecified atom stereocenters.